The van der Waals surface area contributed by atoms with E-state index < -0.39 is 12.1 Å². The summed E-state index contributed by atoms with van der Waals surface area (Å²) in [5.41, 5.74) is 0. The molecule has 1 atom stereocenters. The van der Waals surface area contributed by atoms with Crippen LogP contribution in [0.4, 0.5) is 0 Å². The Kier molecular flexibility index (Phi) is 64.8. The van der Waals surface area contributed by atoms with Gasteiger partial charge in [0.1, 0.15) is 13.2 Å². The largest absolute Gasteiger partial charge is 0.462 e. The number of hydrogen-bond donors (Lipinski definition) is 0. The van der Waals surface area contributed by atoms with E-state index in [1.807, 2.05) is 6.08 Å². The Hall–Kier alpha value is -4.19. The maximum atomic E-state index is 12.9. The molecule has 0 bridgehead atoms. The third kappa shape index (κ3) is 66.5. The van der Waals surface area contributed by atoms with Crippen molar-refractivity contribution >= 4 is 17.9 Å². The molecule has 0 aliphatic carbocycles. The lowest BCUT2D eigenvalue weighted by Crippen LogP contribution is -2.30. The van der Waals surface area contributed by atoms with Gasteiger partial charge in [0.15, 0.2) is 6.10 Å². The van der Waals surface area contributed by atoms with Crippen LogP contribution in [0, 0.1) is 0 Å². The van der Waals surface area contributed by atoms with Crippen LogP contribution < -0.4 is 0 Å². The van der Waals surface area contributed by atoms with Crippen molar-refractivity contribution in [2.45, 2.75) is 322 Å². The Morgan fingerprint density at radius 2 is 0.531 bits per heavy atom. The van der Waals surface area contributed by atoms with Gasteiger partial charge in [0.25, 0.3) is 0 Å². The second-order valence-corrected chi connectivity index (χ2v) is 22.3. The van der Waals surface area contributed by atoms with Crippen molar-refractivity contribution < 1.29 is 28.6 Å². The predicted molar refractivity (Wildman–Crippen MR) is 353 cm³/mol. The zero-order chi connectivity index (χ0) is 58.5. The molecule has 0 spiro atoms. The summed E-state index contributed by atoms with van der Waals surface area (Å²) in [6, 6.07) is 0. The number of unbranched alkanes of at least 4 members (excludes halogenated alkanes) is 31. The molecule has 0 aromatic carbocycles. The van der Waals surface area contributed by atoms with Gasteiger partial charge >= 0.3 is 17.9 Å². The average Bonchev–Trinajstić information content (AvgIpc) is 3.47. The molecule has 0 aliphatic rings. The second-order valence-electron chi connectivity index (χ2n) is 22.3. The summed E-state index contributed by atoms with van der Waals surface area (Å²) in [5.74, 6) is -1.03. The molecule has 0 aliphatic heterocycles. The summed E-state index contributed by atoms with van der Waals surface area (Å²) >= 11 is 0. The van der Waals surface area contributed by atoms with E-state index in [2.05, 4.69) is 130 Å². The predicted octanol–water partition coefficient (Wildman–Crippen LogP) is 23.6. The molecule has 0 radical (unpaired) electrons. The summed E-state index contributed by atoms with van der Waals surface area (Å²) in [6.45, 7) is 6.36. The van der Waals surface area contributed by atoms with Crippen LogP contribution in [0.25, 0.3) is 0 Å². The van der Waals surface area contributed by atoms with Gasteiger partial charge in [0.05, 0.1) is 6.42 Å². The van der Waals surface area contributed by atoms with Gasteiger partial charge < -0.3 is 14.2 Å². The molecule has 0 aromatic heterocycles. The van der Waals surface area contributed by atoms with Crippen molar-refractivity contribution in [3.63, 3.8) is 0 Å². The maximum absolute atomic E-state index is 12.9. The lowest BCUT2D eigenvalue weighted by molar-refractivity contribution is -0.166. The molecule has 0 N–H and O–H groups in total. The Bertz CT molecular complexity index is 1670. The van der Waals surface area contributed by atoms with Gasteiger partial charge in [0, 0.05) is 12.8 Å². The van der Waals surface area contributed by atoms with E-state index in [4.69, 9.17) is 14.2 Å². The minimum atomic E-state index is -0.822. The van der Waals surface area contributed by atoms with Crippen LogP contribution in [0.1, 0.15) is 316 Å². The van der Waals surface area contributed by atoms with Gasteiger partial charge in [0.2, 0.25) is 0 Å². The fraction of sp³-hybridized carbons (Fsp3) is 0.693. The summed E-state index contributed by atoms with van der Waals surface area (Å²) in [4.78, 5) is 38.3. The standard InChI is InChI=1S/C75H126O6/c1-4-7-10-13-16-19-22-25-28-30-32-34-35-36-37-38-39-41-42-44-47-50-53-56-59-62-65-68-74(77)80-71-72(70-79-73(76)67-64-61-58-55-52-49-46-27-24-21-18-15-12-9-6-3)81-75(78)69-66-63-60-57-54-51-48-45-43-40-33-31-29-26-23-20-17-14-11-8-5-2/h7,9-10,12,16,18-19,21,25,27-28,32,34,36-37,46,52,55,61,64,72H,4-6,8,11,13-15,17,20,22-24,26,29-31,33,35,38-45,47-51,53-54,56-60,62-63,65-71H2,1-3H3/b10-7-,12-9-,19-16-,21-18-,28-25-,34-32-,37-36-,46-27-,55-52-,64-61-. The number of carbonyl (C=O) groups excluding carboxylic acids is 3. The van der Waals surface area contributed by atoms with Gasteiger partial charge in [-0.15, -0.1) is 0 Å². The first kappa shape index (κ1) is 76.8. The summed E-state index contributed by atoms with van der Waals surface area (Å²) in [6.07, 6.45) is 95.3. The summed E-state index contributed by atoms with van der Waals surface area (Å²) in [5, 5.41) is 0. The number of esters is 3. The zero-order valence-corrected chi connectivity index (χ0v) is 53.0. The highest BCUT2D eigenvalue weighted by molar-refractivity contribution is 5.72. The highest BCUT2D eigenvalue weighted by Crippen LogP contribution is 2.17. The highest BCUT2D eigenvalue weighted by Gasteiger charge is 2.19. The van der Waals surface area contributed by atoms with Gasteiger partial charge in [-0.25, -0.2) is 0 Å². The third-order valence-electron chi connectivity index (χ3n) is 14.5. The van der Waals surface area contributed by atoms with Crippen LogP contribution in [-0.4, -0.2) is 37.2 Å². The third-order valence-corrected chi connectivity index (χ3v) is 14.5. The topological polar surface area (TPSA) is 78.9 Å². The van der Waals surface area contributed by atoms with Crippen molar-refractivity contribution in [1.29, 1.82) is 0 Å². The van der Waals surface area contributed by atoms with E-state index in [1.165, 1.54) is 173 Å². The first-order valence-corrected chi connectivity index (χ1v) is 34.0. The molecule has 0 saturated carbocycles. The monoisotopic (exact) mass is 1120 g/mol. The summed E-state index contributed by atoms with van der Waals surface area (Å²) in [7, 11) is 0. The molecule has 6 heteroatoms. The minimum absolute atomic E-state index is 0.109. The molecule has 0 amide bonds. The van der Waals surface area contributed by atoms with E-state index in [0.29, 0.717) is 12.8 Å². The van der Waals surface area contributed by atoms with Crippen LogP contribution in [0.15, 0.2) is 122 Å². The first-order chi connectivity index (χ1) is 40.0. The normalized spacial score (nSPS) is 12.9. The molecule has 0 saturated heterocycles. The Morgan fingerprint density at radius 1 is 0.272 bits per heavy atom. The van der Waals surface area contributed by atoms with Gasteiger partial charge in [-0.2, -0.15) is 0 Å². The maximum Gasteiger partial charge on any atom is 0.309 e. The number of carbonyl (C=O) groups is 3. The molecule has 81 heavy (non-hydrogen) atoms. The Balaban J connectivity index is 4.38. The quantitative estimate of drug-likeness (QED) is 0.0261. The van der Waals surface area contributed by atoms with Gasteiger partial charge in [-0.1, -0.05) is 328 Å². The van der Waals surface area contributed by atoms with E-state index >= 15 is 0 Å². The molecule has 1 unspecified atom stereocenters. The van der Waals surface area contributed by atoms with Crippen LogP contribution in [-0.2, 0) is 28.6 Å². The lowest BCUT2D eigenvalue weighted by atomic mass is 10.0. The molecule has 462 valence electrons. The van der Waals surface area contributed by atoms with Crippen LogP contribution >= 0.6 is 0 Å². The van der Waals surface area contributed by atoms with Crippen molar-refractivity contribution in [1.82, 2.24) is 0 Å². The van der Waals surface area contributed by atoms with Crippen LogP contribution in [0.3, 0.4) is 0 Å². The van der Waals surface area contributed by atoms with Crippen molar-refractivity contribution in [2.24, 2.45) is 0 Å². The van der Waals surface area contributed by atoms with E-state index in [0.717, 1.165) is 103 Å². The van der Waals surface area contributed by atoms with Crippen molar-refractivity contribution in [2.75, 3.05) is 13.2 Å². The molecule has 0 fully saturated rings. The number of hydrogen-bond acceptors (Lipinski definition) is 6. The molecule has 0 aromatic rings. The fourth-order valence-electron chi connectivity index (χ4n) is 9.49. The number of ether oxygens (including phenoxy) is 3. The minimum Gasteiger partial charge on any atom is -0.462 e. The van der Waals surface area contributed by atoms with Crippen LogP contribution in [0.5, 0.6) is 0 Å². The zero-order valence-electron chi connectivity index (χ0n) is 53.0. The smallest absolute Gasteiger partial charge is 0.309 e. The number of rotatable bonds is 61. The summed E-state index contributed by atoms with van der Waals surface area (Å²) < 4.78 is 16.9. The van der Waals surface area contributed by atoms with Crippen LogP contribution in [0.2, 0.25) is 0 Å². The number of allylic oxidation sites excluding steroid dienone is 19. The Labute approximate surface area is 501 Å². The van der Waals surface area contributed by atoms with E-state index in [-0.39, 0.29) is 31.6 Å². The van der Waals surface area contributed by atoms with E-state index in [9.17, 15) is 14.4 Å². The highest BCUT2D eigenvalue weighted by atomic mass is 16.6. The molecular weight excluding hydrogens is 997 g/mol. The molecule has 6 nitrogen and oxygen atoms in total. The molecule has 0 heterocycles. The first-order valence-electron chi connectivity index (χ1n) is 34.0. The van der Waals surface area contributed by atoms with E-state index in [1.54, 1.807) is 6.08 Å². The average molecular weight is 1120 g/mol. The molecule has 0 rings (SSSR count). The van der Waals surface area contributed by atoms with Crippen molar-refractivity contribution in [3.05, 3.63) is 122 Å². The van der Waals surface area contributed by atoms with Gasteiger partial charge in [-0.3, -0.25) is 14.4 Å². The lowest BCUT2D eigenvalue weighted by Gasteiger charge is -2.18. The second kappa shape index (κ2) is 68.3. The molecular formula is C75H126O6. The van der Waals surface area contributed by atoms with Crippen molar-refractivity contribution in [3.8, 4) is 0 Å². The fourth-order valence-corrected chi connectivity index (χ4v) is 9.49. The SMILES string of the molecule is CC/C=C\C/C=C\C/C=C\C/C=C\C/C=C\CCCCCCCCCCCCCC(=O)OCC(COC(=O)C/C=C\C/C=C\C/C=C\C/C=C\C/C=C\CC)OC(=O)CCCCCCCCCCCCCCCCCCCCCCC. The Morgan fingerprint density at radius 3 is 0.864 bits per heavy atom. The van der Waals surface area contributed by atoms with Gasteiger partial charge in [-0.05, 0) is 89.9 Å².